The number of carbonyl (C=O) groups is 1. The van der Waals surface area contributed by atoms with Crippen molar-refractivity contribution < 1.29 is 27.6 Å². The molecule has 1 unspecified atom stereocenters. The maximum Gasteiger partial charge on any atom is 0.324 e. The smallest absolute Gasteiger partial charge is 0.324 e. The number of carbonyl (C=O) groups excluding carboxylic acids is 1. The second-order valence-corrected chi connectivity index (χ2v) is 10.2. The molecular weight excluding hydrogens is 474 g/mol. The van der Waals surface area contributed by atoms with Crippen LogP contribution in [0, 0.1) is 10.1 Å². The minimum atomic E-state index is -4.14. The molecule has 0 bridgehead atoms. The number of methoxy groups -OCH3 is 1. The molecule has 0 radical (unpaired) electrons. The van der Waals surface area contributed by atoms with Gasteiger partial charge < -0.3 is 9.47 Å². The Morgan fingerprint density at radius 1 is 1.17 bits per heavy atom. The van der Waals surface area contributed by atoms with Crippen LogP contribution >= 0.6 is 0 Å². The maximum atomic E-state index is 13.4. The zero-order valence-corrected chi connectivity index (χ0v) is 20.8. The van der Waals surface area contributed by atoms with Crippen LogP contribution < -0.4 is 9.04 Å². The Bertz CT molecular complexity index is 1130. The third-order valence-corrected chi connectivity index (χ3v) is 7.97. The van der Waals surface area contributed by atoms with Crippen LogP contribution in [-0.2, 0) is 26.2 Å². The van der Waals surface area contributed by atoms with E-state index in [-0.39, 0.29) is 30.3 Å². The summed E-state index contributed by atoms with van der Waals surface area (Å²) in [5.41, 5.74) is 0.957. The molecule has 1 fully saturated rings. The number of unbranched alkanes of at least 4 members (excludes halogenated alkanes) is 1. The summed E-state index contributed by atoms with van der Waals surface area (Å²) in [4.78, 5) is 23.5. The second kappa shape index (κ2) is 12.0. The predicted molar refractivity (Wildman–Crippen MR) is 132 cm³/mol. The molecule has 1 heterocycles. The Kier molecular flexibility index (Phi) is 9.05. The number of benzene rings is 2. The van der Waals surface area contributed by atoms with Gasteiger partial charge in [-0.3, -0.25) is 19.2 Å². The van der Waals surface area contributed by atoms with E-state index in [2.05, 4.69) is 0 Å². The van der Waals surface area contributed by atoms with Gasteiger partial charge in [0, 0.05) is 19.7 Å². The fourth-order valence-corrected chi connectivity index (χ4v) is 5.64. The first kappa shape index (κ1) is 26.4. The summed E-state index contributed by atoms with van der Waals surface area (Å²) in [7, 11) is -1.53. The zero-order valence-electron chi connectivity index (χ0n) is 20.0. The van der Waals surface area contributed by atoms with Gasteiger partial charge in [-0.05, 0) is 56.2 Å². The number of hydrogen-bond donors (Lipinski definition) is 0. The highest BCUT2D eigenvalue weighted by Gasteiger charge is 2.40. The number of ether oxygens (including phenoxy) is 2. The highest BCUT2D eigenvalue weighted by molar-refractivity contribution is 7.90. The Labute approximate surface area is 205 Å². The zero-order chi connectivity index (χ0) is 25.4. The van der Waals surface area contributed by atoms with Crippen molar-refractivity contribution in [2.24, 2.45) is 0 Å². The van der Waals surface area contributed by atoms with Crippen molar-refractivity contribution in [2.45, 2.75) is 44.6 Å². The van der Waals surface area contributed by atoms with Crippen molar-refractivity contribution in [1.29, 1.82) is 0 Å². The molecule has 190 valence electrons. The summed E-state index contributed by atoms with van der Waals surface area (Å²) in [6.45, 7) is 0.384. The molecule has 1 aliphatic heterocycles. The molecule has 0 spiro atoms. The van der Waals surface area contributed by atoms with Gasteiger partial charge in [0.15, 0.2) is 5.75 Å². The Balaban J connectivity index is 1.65. The molecule has 3 rings (SSSR count). The molecule has 35 heavy (non-hydrogen) atoms. The summed E-state index contributed by atoms with van der Waals surface area (Å²) in [6, 6.07) is 13.0. The standard InChI is InChI=1S/C24H31N3O7S/c1-25(20-14-15-23(33-2)22(18-20)27(29)30)35(31,32)26-16-8-6-13-21(26)24(28)34-17-9-7-12-19-10-4-3-5-11-19/h3-5,10-11,14-15,18,21H,6-9,12-13,16-17H2,1-2H3. The van der Waals surface area contributed by atoms with Crippen LogP contribution in [0.3, 0.4) is 0 Å². The number of nitrogens with zero attached hydrogens (tertiary/aromatic N) is 3. The van der Waals surface area contributed by atoms with E-state index in [0.717, 1.165) is 27.5 Å². The van der Waals surface area contributed by atoms with Crippen LogP contribution in [0.25, 0.3) is 0 Å². The van der Waals surface area contributed by atoms with E-state index in [1.165, 1.54) is 31.9 Å². The van der Waals surface area contributed by atoms with Crippen LogP contribution in [0.1, 0.15) is 37.7 Å². The Morgan fingerprint density at radius 3 is 2.60 bits per heavy atom. The minimum absolute atomic E-state index is 0.0243. The minimum Gasteiger partial charge on any atom is -0.490 e. The lowest BCUT2D eigenvalue weighted by Gasteiger charge is -2.36. The predicted octanol–water partition coefficient (Wildman–Crippen LogP) is 3.71. The van der Waals surface area contributed by atoms with Crippen molar-refractivity contribution in [3.05, 3.63) is 64.2 Å². The number of nitro benzene ring substituents is 1. The molecule has 1 atom stereocenters. The van der Waals surface area contributed by atoms with Crippen molar-refractivity contribution in [1.82, 2.24) is 4.31 Å². The third kappa shape index (κ3) is 6.49. The topological polar surface area (TPSA) is 119 Å². The molecule has 1 saturated heterocycles. The van der Waals surface area contributed by atoms with Gasteiger partial charge >= 0.3 is 21.9 Å². The van der Waals surface area contributed by atoms with Crippen LogP contribution in [0.15, 0.2) is 48.5 Å². The van der Waals surface area contributed by atoms with Crippen molar-refractivity contribution in [3.8, 4) is 5.75 Å². The molecule has 2 aromatic carbocycles. The van der Waals surface area contributed by atoms with E-state index >= 15 is 0 Å². The van der Waals surface area contributed by atoms with Crippen LogP contribution in [0.5, 0.6) is 5.75 Å². The fourth-order valence-electron chi connectivity index (χ4n) is 4.07. The lowest BCUT2D eigenvalue weighted by atomic mass is 10.1. The Hall–Kier alpha value is -3.18. The first-order chi connectivity index (χ1) is 16.8. The third-order valence-electron chi connectivity index (χ3n) is 6.04. The molecule has 1 aliphatic rings. The first-order valence-electron chi connectivity index (χ1n) is 11.5. The van der Waals surface area contributed by atoms with Gasteiger partial charge in [-0.15, -0.1) is 0 Å². The van der Waals surface area contributed by atoms with E-state index in [1.54, 1.807) is 0 Å². The molecule has 11 heteroatoms. The molecule has 0 saturated carbocycles. The van der Waals surface area contributed by atoms with Gasteiger partial charge in [0.25, 0.3) is 0 Å². The number of hydrogen-bond acceptors (Lipinski definition) is 7. The summed E-state index contributed by atoms with van der Waals surface area (Å²) in [5, 5.41) is 11.4. The highest BCUT2D eigenvalue weighted by atomic mass is 32.2. The normalized spacial score (nSPS) is 16.5. The Morgan fingerprint density at radius 2 is 1.91 bits per heavy atom. The number of aryl methyl sites for hydroxylation is 1. The lowest BCUT2D eigenvalue weighted by molar-refractivity contribution is -0.385. The average Bonchev–Trinajstić information content (AvgIpc) is 2.88. The SMILES string of the molecule is COc1ccc(N(C)S(=O)(=O)N2CCCCC2C(=O)OCCCCc2ccccc2)cc1[N+](=O)[O-]. The van der Waals surface area contributed by atoms with Gasteiger partial charge in [0.1, 0.15) is 6.04 Å². The maximum absolute atomic E-state index is 13.4. The second-order valence-electron chi connectivity index (χ2n) is 8.32. The number of esters is 1. The molecule has 0 aromatic heterocycles. The largest absolute Gasteiger partial charge is 0.490 e. The van der Waals surface area contributed by atoms with Crippen LogP contribution in [0.2, 0.25) is 0 Å². The molecule has 0 N–H and O–H groups in total. The number of nitro groups is 1. The van der Waals surface area contributed by atoms with E-state index in [9.17, 15) is 23.3 Å². The van der Waals surface area contributed by atoms with Gasteiger partial charge in [-0.2, -0.15) is 12.7 Å². The van der Waals surface area contributed by atoms with Gasteiger partial charge in [0.05, 0.1) is 24.3 Å². The summed E-state index contributed by atoms with van der Waals surface area (Å²) >= 11 is 0. The fraction of sp³-hybridized carbons (Fsp3) is 0.458. The molecular formula is C24H31N3O7S. The average molecular weight is 506 g/mol. The highest BCUT2D eigenvalue weighted by Crippen LogP contribution is 2.33. The summed E-state index contributed by atoms with van der Waals surface area (Å²) in [5.74, 6) is -0.543. The van der Waals surface area contributed by atoms with Gasteiger partial charge in [-0.1, -0.05) is 30.3 Å². The van der Waals surface area contributed by atoms with Gasteiger partial charge in [0.2, 0.25) is 0 Å². The molecule has 10 nitrogen and oxygen atoms in total. The van der Waals surface area contributed by atoms with E-state index in [4.69, 9.17) is 9.47 Å². The quantitative estimate of drug-likeness (QED) is 0.198. The first-order valence-corrected chi connectivity index (χ1v) is 12.9. The van der Waals surface area contributed by atoms with Crippen LogP contribution in [-0.4, -0.2) is 57.0 Å². The monoisotopic (exact) mass is 505 g/mol. The van der Waals surface area contributed by atoms with Crippen molar-refractivity contribution >= 4 is 27.6 Å². The molecule has 0 amide bonds. The molecule has 2 aromatic rings. The van der Waals surface area contributed by atoms with Crippen molar-refractivity contribution in [3.63, 3.8) is 0 Å². The van der Waals surface area contributed by atoms with Crippen LogP contribution in [0.4, 0.5) is 11.4 Å². The van der Waals surface area contributed by atoms with E-state index < -0.39 is 27.1 Å². The van der Waals surface area contributed by atoms with E-state index in [1.807, 2.05) is 30.3 Å². The number of anilines is 1. The number of piperidine rings is 1. The molecule has 0 aliphatic carbocycles. The van der Waals surface area contributed by atoms with Gasteiger partial charge in [-0.25, -0.2) is 0 Å². The summed E-state index contributed by atoms with van der Waals surface area (Å²) < 4.78 is 39.3. The number of rotatable bonds is 11. The lowest BCUT2D eigenvalue weighted by Crippen LogP contribution is -2.53. The summed E-state index contributed by atoms with van der Waals surface area (Å²) in [6.07, 6.45) is 4.08. The van der Waals surface area contributed by atoms with E-state index in [0.29, 0.717) is 25.7 Å². The van der Waals surface area contributed by atoms with Crippen molar-refractivity contribution in [2.75, 3.05) is 31.6 Å².